The molecule has 0 aliphatic carbocycles. The molecule has 0 unspecified atom stereocenters. The third-order valence-corrected chi connectivity index (χ3v) is 5.56. The topological polar surface area (TPSA) is 46.2 Å². The fourth-order valence-corrected chi connectivity index (χ4v) is 3.74. The van der Waals surface area contributed by atoms with Crippen LogP contribution in [0.1, 0.15) is 22.3 Å². The Labute approximate surface area is 190 Å². The van der Waals surface area contributed by atoms with Gasteiger partial charge < -0.3 is 23.7 Å². The second-order valence-electron chi connectivity index (χ2n) is 7.57. The van der Waals surface area contributed by atoms with E-state index in [-0.39, 0.29) is 0 Å². The normalized spacial score (nSPS) is 10.5. The highest BCUT2D eigenvalue weighted by molar-refractivity contribution is 5.54. The van der Waals surface area contributed by atoms with Gasteiger partial charge in [-0.3, -0.25) is 0 Å². The average molecular weight is 437 g/mol. The molecule has 0 aliphatic rings. The summed E-state index contributed by atoms with van der Waals surface area (Å²) in [5.74, 6) is 3.64. The van der Waals surface area contributed by atoms with Gasteiger partial charge in [0.25, 0.3) is 0 Å². The van der Waals surface area contributed by atoms with Crippen molar-refractivity contribution < 1.29 is 23.7 Å². The molecule has 0 amide bonds. The fraction of sp³-hybridized carbons (Fsp3) is 0.333. The lowest BCUT2D eigenvalue weighted by atomic mass is 10.00. The predicted molar refractivity (Wildman–Crippen MR) is 127 cm³/mol. The molecule has 3 aromatic rings. The lowest BCUT2D eigenvalue weighted by Crippen LogP contribution is -1.99. The number of aryl methyl sites for hydroxylation is 4. The molecular weight excluding hydrogens is 404 g/mol. The first kappa shape index (κ1) is 23.3. The number of methoxy groups -OCH3 is 5. The first-order valence-electron chi connectivity index (χ1n) is 10.7. The molecule has 3 rings (SSSR count). The van der Waals surface area contributed by atoms with E-state index in [0.29, 0.717) is 17.2 Å². The van der Waals surface area contributed by atoms with E-state index in [1.807, 2.05) is 18.2 Å². The summed E-state index contributed by atoms with van der Waals surface area (Å²) in [6.45, 7) is 0. The lowest BCUT2D eigenvalue weighted by Gasteiger charge is -2.14. The van der Waals surface area contributed by atoms with Gasteiger partial charge in [0.1, 0.15) is 11.5 Å². The molecule has 32 heavy (non-hydrogen) atoms. The van der Waals surface area contributed by atoms with Gasteiger partial charge >= 0.3 is 0 Å². The summed E-state index contributed by atoms with van der Waals surface area (Å²) >= 11 is 0. The summed E-state index contributed by atoms with van der Waals surface area (Å²) in [7, 11) is 8.25. The second-order valence-corrected chi connectivity index (χ2v) is 7.57. The summed E-state index contributed by atoms with van der Waals surface area (Å²) in [6.07, 6.45) is 3.72. The molecule has 5 nitrogen and oxygen atoms in total. The molecule has 3 aromatic carbocycles. The maximum absolute atomic E-state index is 5.46. The third kappa shape index (κ3) is 5.88. The SMILES string of the molecule is COc1cc(CCc2ccc(CCc3cc(OC)c(OC)c(OC)c3)cc2)cc(OC)c1. The standard InChI is InChI=1S/C27H32O5/c1-28-23-14-21(15-24(18-23)29-2)12-10-19-6-8-20(9-7-19)11-13-22-16-25(30-3)27(32-5)26(17-22)31-4/h6-9,14-18H,10-13H2,1-5H3. The predicted octanol–water partition coefficient (Wildman–Crippen LogP) is 5.30. The zero-order valence-electron chi connectivity index (χ0n) is 19.6. The lowest BCUT2D eigenvalue weighted by molar-refractivity contribution is 0.324. The number of hydrogen-bond acceptors (Lipinski definition) is 5. The monoisotopic (exact) mass is 436 g/mol. The first-order chi connectivity index (χ1) is 15.6. The molecule has 0 N–H and O–H groups in total. The second kappa shape index (κ2) is 11.3. The minimum Gasteiger partial charge on any atom is -0.497 e. The Kier molecular flexibility index (Phi) is 8.26. The van der Waals surface area contributed by atoms with Crippen LogP contribution in [0.3, 0.4) is 0 Å². The van der Waals surface area contributed by atoms with Crippen molar-refractivity contribution in [3.63, 3.8) is 0 Å². The van der Waals surface area contributed by atoms with Crippen molar-refractivity contribution in [2.45, 2.75) is 25.7 Å². The van der Waals surface area contributed by atoms with Crippen molar-refractivity contribution >= 4 is 0 Å². The quantitative estimate of drug-likeness (QED) is 0.408. The minimum absolute atomic E-state index is 0.622. The fourth-order valence-electron chi connectivity index (χ4n) is 3.74. The average Bonchev–Trinajstić information content (AvgIpc) is 2.85. The van der Waals surface area contributed by atoms with Crippen LogP contribution in [0.25, 0.3) is 0 Å². The molecule has 0 saturated heterocycles. The highest BCUT2D eigenvalue weighted by Gasteiger charge is 2.13. The van der Waals surface area contributed by atoms with Gasteiger partial charge in [-0.2, -0.15) is 0 Å². The van der Waals surface area contributed by atoms with Gasteiger partial charge in [-0.15, -0.1) is 0 Å². The van der Waals surface area contributed by atoms with Gasteiger partial charge in [-0.25, -0.2) is 0 Å². The molecule has 0 atom stereocenters. The maximum atomic E-state index is 5.46. The van der Waals surface area contributed by atoms with Crippen LogP contribution in [0.2, 0.25) is 0 Å². The molecule has 0 saturated carbocycles. The van der Waals surface area contributed by atoms with Crippen LogP contribution in [0.15, 0.2) is 54.6 Å². The Bertz CT molecular complexity index is 964. The Morgan fingerprint density at radius 2 is 0.844 bits per heavy atom. The van der Waals surface area contributed by atoms with Gasteiger partial charge in [-0.1, -0.05) is 24.3 Å². The van der Waals surface area contributed by atoms with Crippen LogP contribution in [0.4, 0.5) is 0 Å². The largest absolute Gasteiger partial charge is 0.497 e. The summed E-state index contributed by atoms with van der Waals surface area (Å²) < 4.78 is 27.1. The Morgan fingerprint density at radius 1 is 0.438 bits per heavy atom. The van der Waals surface area contributed by atoms with Crippen molar-refractivity contribution in [2.24, 2.45) is 0 Å². The van der Waals surface area contributed by atoms with Gasteiger partial charge in [-0.05, 0) is 72.2 Å². The highest BCUT2D eigenvalue weighted by Crippen LogP contribution is 2.38. The summed E-state index contributed by atoms with van der Waals surface area (Å²) in [6, 6.07) is 18.9. The molecule has 5 heteroatoms. The van der Waals surface area contributed by atoms with Crippen molar-refractivity contribution in [2.75, 3.05) is 35.5 Å². The van der Waals surface area contributed by atoms with E-state index in [2.05, 4.69) is 36.4 Å². The van der Waals surface area contributed by atoms with Crippen LogP contribution < -0.4 is 23.7 Å². The number of ether oxygens (including phenoxy) is 5. The summed E-state index contributed by atoms with van der Waals surface area (Å²) in [5, 5.41) is 0. The Morgan fingerprint density at radius 3 is 1.22 bits per heavy atom. The van der Waals surface area contributed by atoms with Gasteiger partial charge in [0, 0.05) is 6.07 Å². The van der Waals surface area contributed by atoms with Crippen LogP contribution in [-0.2, 0) is 25.7 Å². The molecule has 0 aliphatic heterocycles. The summed E-state index contributed by atoms with van der Waals surface area (Å²) in [5.41, 5.74) is 4.96. The van der Waals surface area contributed by atoms with Crippen LogP contribution in [-0.4, -0.2) is 35.5 Å². The number of rotatable bonds is 11. The molecular formula is C27H32O5. The molecule has 0 radical (unpaired) electrons. The van der Waals surface area contributed by atoms with Crippen LogP contribution in [0.5, 0.6) is 28.7 Å². The molecule has 0 fully saturated rings. The Balaban J connectivity index is 1.61. The highest BCUT2D eigenvalue weighted by atomic mass is 16.5. The number of hydrogen-bond donors (Lipinski definition) is 0. The number of benzene rings is 3. The van der Waals surface area contributed by atoms with Crippen LogP contribution in [0, 0.1) is 0 Å². The first-order valence-corrected chi connectivity index (χ1v) is 10.7. The van der Waals surface area contributed by atoms with Crippen molar-refractivity contribution in [3.8, 4) is 28.7 Å². The maximum Gasteiger partial charge on any atom is 0.203 e. The minimum atomic E-state index is 0.622. The van der Waals surface area contributed by atoms with Crippen molar-refractivity contribution in [1.29, 1.82) is 0 Å². The Hall–Kier alpha value is -3.34. The third-order valence-electron chi connectivity index (χ3n) is 5.56. The molecule has 0 aromatic heterocycles. The zero-order chi connectivity index (χ0) is 22.9. The van der Waals surface area contributed by atoms with E-state index in [0.717, 1.165) is 42.7 Å². The molecule has 0 heterocycles. The summed E-state index contributed by atoms with van der Waals surface area (Å²) in [4.78, 5) is 0. The molecule has 0 spiro atoms. The zero-order valence-corrected chi connectivity index (χ0v) is 19.6. The van der Waals surface area contributed by atoms with E-state index in [1.165, 1.54) is 16.7 Å². The van der Waals surface area contributed by atoms with Crippen molar-refractivity contribution in [3.05, 3.63) is 76.9 Å². The van der Waals surface area contributed by atoms with E-state index in [9.17, 15) is 0 Å². The van der Waals surface area contributed by atoms with E-state index >= 15 is 0 Å². The van der Waals surface area contributed by atoms with Gasteiger partial charge in [0.05, 0.1) is 35.5 Å². The van der Waals surface area contributed by atoms with E-state index in [4.69, 9.17) is 23.7 Å². The van der Waals surface area contributed by atoms with Crippen LogP contribution >= 0.6 is 0 Å². The molecule has 170 valence electrons. The van der Waals surface area contributed by atoms with Crippen molar-refractivity contribution in [1.82, 2.24) is 0 Å². The van der Waals surface area contributed by atoms with E-state index in [1.54, 1.807) is 35.5 Å². The van der Waals surface area contributed by atoms with Gasteiger partial charge in [0.15, 0.2) is 11.5 Å². The smallest absolute Gasteiger partial charge is 0.203 e. The van der Waals surface area contributed by atoms with Gasteiger partial charge in [0.2, 0.25) is 5.75 Å². The molecule has 0 bridgehead atoms. The van der Waals surface area contributed by atoms with E-state index < -0.39 is 0 Å².